The van der Waals surface area contributed by atoms with Gasteiger partial charge in [-0.05, 0) is 11.5 Å². The minimum absolute atomic E-state index is 0.366. The van der Waals surface area contributed by atoms with Gasteiger partial charge >= 0.3 is 0 Å². The molecule has 0 saturated carbocycles. The molecular weight excluding hydrogens is 148 g/mol. The van der Waals surface area contributed by atoms with Gasteiger partial charge in [0.2, 0.25) is 0 Å². The number of nitrogens with two attached hydrogens (primary N) is 1. The molecule has 0 atom stereocenters. The summed E-state index contributed by atoms with van der Waals surface area (Å²) in [5.41, 5.74) is 8.20. The van der Waals surface area contributed by atoms with Crippen LogP contribution in [0.5, 0.6) is 0 Å². The summed E-state index contributed by atoms with van der Waals surface area (Å²) in [6.07, 6.45) is 8.63. The standard InChI is InChI=1S/C10H12N2/c1-4-8-5-12-6-9(7(2)3)10(8)11/h1,5-7H,2-3H3,(H2,11,12). The van der Waals surface area contributed by atoms with E-state index in [4.69, 9.17) is 12.2 Å². The molecule has 0 bridgehead atoms. The topological polar surface area (TPSA) is 38.9 Å². The van der Waals surface area contributed by atoms with Gasteiger partial charge in [-0.25, -0.2) is 0 Å². The number of nitrogens with zero attached hydrogens (tertiary/aromatic N) is 1. The summed E-state index contributed by atoms with van der Waals surface area (Å²) in [6.45, 7) is 4.13. The van der Waals surface area contributed by atoms with Gasteiger partial charge in [-0.3, -0.25) is 4.98 Å². The Hall–Kier alpha value is -1.49. The lowest BCUT2D eigenvalue weighted by molar-refractivity contribution is 0.861. The van der Waals surface area contributed by atoms with E-state index in [1.54, 1.807) is 12.4 Å². The van der Waals surface area contributed by atoms with Gasteiger partial charge in [0.1, 0.15) is 0 Å². The summed E-state index contributed by atoms with van der Waals surface area (Å²) in [4.78, 5) is 4.02. The van der Waals surface area contributed by atoms with Crippen LogP contribution in [0.15, 0.2) is 12.4 Å². The van der Waals surface area contributed by atoms with Crippen molar-refractivity contribution in [1.82, 2.24) is 4.98 Å². The molecule has 0 saturated heterocycles. The zero-order chi connectivity index (χ0) is 9.14. The van der Waals surface area contributed by atoms with Crippen molar-refractivity contribution in [2.24, 2.45) is 0 Å². The van der Waals surface area contributed by atoms with Gasteiger partial charge in [-0.1, -0.05) is 19.8 Å². The highest BCUT2D eigenvalue weighted by atomic mass is 14.7. The number of rotatable bonds is 1. The Kier molecular flexibility index (Phi) is 2.35. The van der Waals surface area contributed by atoms with Crippen LogP contribution >= 0.6 is 0 Å². The van der Waals surface area contributed by atoms with Crippen LogP contribution in [0.3, 0.4) is 0 Å². The van der Waals surface area contributed by atoms with Crippen molar-refractivity contribution in [3.63, 3.8) is 0 Å². The first kappa shape index (κ1) is 8.61. The first-order valence-electron chi connectivity index (χ1n) is 3.86. The van der Waals surface area contributed by atoms with Crippen LogP contribution in [0.25, 0.3) is 0 Å². The predicted molar refractivity (Wildman–Crippen MR) is 50.7 cm³/mol. The van der Waals surface area contributed by atoms with Crippen molar-refractivity contribution in [1.29, 1.82) is 0 Å². The molecule has 1 aromatic rings. The van der Waals surface area contributed by atoms with E-state index in [2.05, 4.69) is 24.8 Å². The first-order valence-corrected chi connectivity index (χ1v) is 3.86. The lowest BCUT2D eigenvalue weighted by Crippen LogP contribution is -2.00. The van der Waals surface area contributed by atoms with E-state index in [-0.39, 0.29) is 0 Å². The molecule has 0 aliphatic carbocycles. The third-order valence-corrected chi connectivity index (χ3v) is 1.80. The van der Waals surface area contributed by atoms with Crippen LogP contribution in [0.1, 0.15) is 30.9 Å². The molecule has 0 radical (unpaired) electrons. The van der Waals surface area contributed by atoms with Crippen molar-refractivity contribution in [3.05, 3.63) is 23.5 Å². The van der Waals surface area contributed by atoms with E-state index in [0.29, 0.717) is 17.2 Å². The van der Waals surface area contributed by atoms with Gasteiger partial charge in [0.15, 0.2) is 0 Å². The summed E-state index contributed by atoms with van der Waals surface area (Å²) in [7, 11) is 0. The van der Waals surface area contributed by atoms with Crippen LogP contribution < -0.4 is 5.73 Å². The molecule has 12 heavy (non-hydrogen) atoms. The fraction of sp³-hybridized carbons (Fsp3) is 0.300. The van der Waals surface area contributed by atoms with Crippen molar-refractivity contribution in [3.8, 4) is 12.3 Å². The molecule has 2 heteroatoms. The van der Waals surface area contributed by atoms with E-state index in [9.17, 15) is 0 Å². The van der Waals surface area contributed by atoms with Crippen LogP contribution in [-0.2, 0) is 0 Å². The van der Waals surface area contributed by atoms with Crippen LogP contribution in [0.4, 0.5) is 5.69 Å². The zero-order valence-corrected chi connectivity index (χ0v) is 7.33. The van der Waals surface area contributed by atoms with Crippen molar-refractivity contribution in [2.45, 2.75) is 19.8 Å². The minimum Gasteiger partial charge on any atom is -0.397 e. The minimum atomic E-state index is 0.366. The van der Waals surface area contributed by atoms with Gasteiger partial charge in [-0.15, -0.1) is 6.42 Å². The molecule has 1 aromatic heterocycles. The quantitative estimate of drug-likeness (QED) is 0.636. The molecule has 0 amide bonds. The molecule has 1 rings (SSSR count). The Morgan fingerprint density at radius 2 is 2.17 bits per heavy atom. The molecule has 2 nitrogen and oxygen atoms in total. The number of pyridine rings is 1. The average molecular weight is 160 g/mol. The van der Waals surface area contributed by atoms with Crippen LogP contribution in [-0.4, -0.2) is 4.98 Å². The summed E-state index contributed by atoms with van der Waals surface area (Å²) in [6, 6.07) is 0. The van der Waals surface area contributed by atoms with Crippen LogP contribution in [0.2, 0.25) is 0 Å². The van der Waals surface area contributed by atoms with E-state index >= 15 is 0 Å². The van der Waals surface area contributed by atoms with Gasteiger partial charge in [0.05, 0.1) is 11.3 Å². The third-order valence-electron chi connectivity index (χ3n) is 1.80. The normalized spacial score (nSPS) is 9.83. The highest BCUT2D eigenvalue weighted by molar-refractivity contribution is 5.59. The zero-order valence-electron chi connectivity index (χ0n) is 7.33. The maximum absolute atomic E-state index is 5.81. The maximum Gasteiger partial charge on any atom is 0.0658 e. The molecule has 0 unspecified atom stereocenters. The third kappa shape index (κ3) is 1.40. The lowest BCUT2D eigenvalue weighted by atomic mass is 10.0. The molecule has 0 spiro atoms. The molecule has 1 heterocycles. The second-order valence-corrected chi connectivity index (χ2v) is 2.99. The van der Waals surface area contributed by atoms with Crippen molar-refractivity contribution in [2.75, 3.05) is 5.73 Å². The SMILES string of the molecule is C#Cc1cncc(C(C)C)c1N. The maximum atomic E-state index is 5.81. The number of hydrogen-bond acceptors (Lipinski definition) is 2. The Labute approximate surface area is 72.8 Å². The Morgan fingerprint density at radius 3 is 2.67 bits per heavy atom. The van der Waals surface area contributed by atoms with Crippen molar-refractivity contribution < 1.29 is 0 Å². The van der Waals surface area contributed by atoms with Gasteiger partial charge < -0.3 is 5.73 Å². The van der Waals surface area contributed by atoms with E-state index < -0.39 is 0 Å². The molecule has 0 aromatic carbocycles. The first-order chi connectivity index (χ1) is 5.66. The molecule has 0 aliphatic rings. The predicted octanol–water partition coefficient (Wildman–Crippen LogP) is 1.77. The van der Waals surface area contributed by atoms with Gasteiger partial charge in [0.25, 0.3) is 0 Å². The Bertz CT molecular complexity index is 321. The second-order valence-electron chi connectivity index (χ2n) is 2.99. The molecule has 0 fully saturated rings. The number of terminal acetylenes is 1. The fourth-order valence-corrected chi connectivity index (χ4v) is 1.06. The highest BCUT2D eigenvalue weighted by Gasteiger charge is 2.06. The second kappa shape index (κ2) is 3.27. The van der Waals surface area contributed by atoms with Crippen molar-refractivity contribution >= 4 is 5.69 Å². The van der Waals surface area contributed by atoms with E-state index in [1.807, 2.05) is 0 Å². The van der Waals surface area contributed by atoms with Gasteiger partial charge in [0, 0.05) is 12.4 Å². The number of hydrogen-bond donors (Lipinski definition) is 1. The summed E-state index contributed by atoms with van der Waals surface area (Å²) < 4.78 is 0. The largest absolute Gasteiger partial charge is 0.397 e. The van der Waals surface area contributed by atoms with Crippen LogP contribution in [0, 0.1) is 12.3 Å². The van der Waals surface area contributed by atoms with E-state index in [0.717, 1.165) is 5.56 Å². The Balaban J connectivity index is 3.25. The molecule has 62 valence electrons. The molecule has 2 N–H and O–H groups in total. The molecule has 0 aliphatic heterocycles. The number of aromatic nitrogens is 1. The Morgan fingerprint density at radius 1 is 1.50 bits per heavy atom. The highest BCUT2D eigenvalue weighted by Crippen LogP contribution is 2.22. The summed E-state index contributed by atoms with van der Waals surface area (Å²) >= 11 is 0. The lowest BCUT2D eigenvalue weighted by Gasteiger charge is -2.09. The number of nitrogen functional groups attached to an aromatic ring is 1. The van der Waals surface area contributed by atoms with Gasteiger partial charge in [-0.2, -0.15) is 0 Å². The summed E-state index contributed by atoms with van der Waals surface area (Å²) in [5, 5.41) is 0. The number of anilines is 1. The monoisotopic (exact) mass is 160 g/mol. The average Bonchev–Trinajstić information content (AvgIpc) is 2.04. The fourth-order valence-electron chi connectivity index (χ4n) is 1.06. The van der Waals surface area contributed by atoms with E-state index in [1.165, 1.54) is 0 Å². The smallest absolute Gasteiger partial charge is 0.0658 e. The molecular formula is C10H12N2. The summed E-state index contributed by atoms with van der Waals surface area (Å²) in [5.74, 6) is 2.87.